The van der Waals surface area contributed by atoms with Gasteiger partial charge in [-0.1, -0.05) is 38.3 Å². The van der Waals surface area contributed by atoms with Gasteiger partial charge in [-0.15, -0.1) is 0 Å². The van der Waals surface area contributed by atoms with E-state index in [2.05, 4.69) is 30.3 Å². The Hall–Kier alpha value is -1.10. The molecular formula is C20H34N2O2. The Balaban J connectivity index is 0.000000292. The lowest BCUT2D eigenvalue weighted by Gasteiger charge is -2.45. The van der Waals surface area contributed by atoms with Gasteiger partial charge in [0.15, 0.2) is 0 Å². The minimum atomic E-state index is 0.146. The monoisotopic (exact) mass is 334 g/mol. The van der Waals surface area contributed by atoms with Crippen LogP contribution in [0.15, 0.2) is 24.3 Å². The maximum atomic E-state index is 9.75. The van der Waals surface area contributed by atoms with Crippen LogP contribution in [0.1, 0.15) is 51.0 Å². The molecule has 0 atom stereocenters. The molecule has 1 aromatic carbocycles. The molecule has 1 saturated carbocycles. The third-order valence-corrected chi connectivity index (χ3v) is 5.20. The fourth-order valence-corrected chi connectivity index (χ4v) is 3.89. The molecule has 1 aromatic rings. The van der Waals surface area contributed by atoms with Crippen LogP contribution in [0.3, 0.4) is 0 Å². The normalized spacial score (nSPS) is 20.3. The zero-order valence-corrected chi connectivity index (χ0v) is 15.4. The molecule has 136 valence electrons. The Morgan fingerprint density at radius 2 is 1.88 bits per heavy atom. The number of ether oxygens (including phenoxy) is 1. The Labute approximate surface area is 147 Å². The molecule has 3 rings (SSSR count). The maximum Gasteiger partial charge on any atom is 0.115 e. The molecule has 4 heteroatoms. The highest BCUT2D eigenvalue weighted by molar-refractivity contribution is 5.33. The van der Waals surface area contributed by atoms with E-state index in [1.54, 1.807) is 6.07 Å². The molecular weight excluding hydrogens is 300 g/mol. The molecule has 2 N–H and O–H groups in total. The predicted octanol–water partition coefficient (Wildman–Crippen LogP) is 3.50. The average Bonchev–Trinajstić information content (AvgIpc) is 2.64. The van der Waals surface area contributed by atoms with Crippen LogP contribution in [-0.4, -0.2) is 49.9 Å². The number of morpholine rings is 1. The zero-order chi connectivity index (χ0) is 17.3. The number of phenolic OH excluding ortho intramolecular Hbond substituents is 1. The van der Waals surface area contributed by atoms with E-state index in [-0.39, 0.29) is 5.54 Å². The summed E-state index contributed by atoms with van der Waals surface area (Å²) in [5, 5.41) is 12.9. The van der Waals surface area contributed by atoms with Gasteiger partial charge < -0.3 is 15.2 Å². The van der Waals surface area contributed by atoms with Gasteiger partial charge >= 0.3 is 0 Å². The summed E-state index contributed by atoms with van der Waals surface area (Å²) in [5.41, 5.74) is 1.44. The summed E-state index contributed by atoms with van der Waals surface area (Å²) in [4.78, 5) is 2.50. The number of phenols is 1. The minimum absolute atomic E-state index is 0.146. The van der Waals surface area contributed by atoms with Gasteiger partial charge in [-0.2, -0.15) is 0 Å². The lowest BCUT2D eigenvalue weighted by Crippen LogP contribution is -2.45. The summed E-state index contributed by atoms with van der Waals surface area (Å²) in [6.07, 6.45) is 7.55. The number of nitrogens with zero attached hydrogens (tertiary/aromatic N) is 1. The molecule has 0 unspecified atom stereocenters. The molecule has 2 aliphatic rings. The zero-order valence-electron chi connectivity index (χ0n) is 15.4. The fourth-order valence-electron chi connectivity index (χ4n) is 3.89. The van der Waals surface area contributed by atoms with Crippen molar-refractivity contribution in [3.8, 4) is 5.75 Å². The van der Waals surface area contributed by atoms with Gasteiger partial charge in [-0.05, 0) is 50.6 Å². The largest absolute Gasteiger partial charge is 0.508 e. The lowest BCUT2D eigenvalue weighted by atomic mass is 9.75. The summed E-state index contributed by atoms with van der Waals surface area (Å²) < 4.78 is 5.01. The van der Waals surface area contributed by atoms with Crippen molar-refractivity contribution in [3.05, 3.63) is 29.8 Å². The van der Waals surface area contributed by atoms with Crippen LogP contribution in [0.5, 0.6) is 5.75 Å². The molecule has 1 aliphatic carbocycles. The Morgan fingerprint density at radius 3 is 2.38 bits per heavy atom. The van der Waals surface area contributed by atoms with Gasteiger partial charge in [0.2, 0.25) is 0 Å². The van der Waals surface area contributed by atoms with Crippen molar-refractivity contribution in [2.75, 3.05) is 39.9 Å². The molecule has 0 spiro atoms. The highest BCUT2D eigenvalue weighted by Gasteiger charge is 2.37. The summed E-state index contributed by atoms with van der Waals surface area (Å²) in [5.74, 6) is 0.391. The van der Waals surface area contributed by atoms with E-state index in [1.807, 2.05) is 12.1 Å². The topological polar surface area (TPSA) is 44.7 Å². The number of rotatable bonds is 4. The van der Waals surface area contributed by atoms with E-state index in [1.165, 1.54) is 44.1 Å². The number of hydrogen-bond donors (Lipinski definition) is 2. The quantitative estimate of drug-likeness (QED) is 0.884. The Kier molecular flexibility index (Phi) is 8.03. The van der Waals surface area contributed by atoms with Crippen molar-refractivity contribution < 1.29 is 9.84 Å². The molecule has 1 heterocycles. The first-order chi connectivity index (χ1) is 11.7. The van der Waals surface area contributed by atoms with Gasteiger partial charge in [0, 0.05) is 18.6 Å². The predicted molar refractivity (Wildman–Crippen MR) is 99.5 cm³/mol. The molecule has 0 radical (unpaired) electrons. The van der Waals surface area contributed by atoms with E-state index in [0.29, 0.717) is 5.75 Å². The van der Waals surface area contributed by atoms with E-state index >= 15 is 0 Å². The molecule has 0 amide bonds. The summed E-state index contributed by atoms with van der Waals surface area (Å²) >= 11 is 0. The van der Waals surface area contributed by atoms with Crippen LogP contribution in [0, 0.1) is 0 Å². The van der Waals surface area contributed by atoms with Crippen molar-refractivity contribution in [2.24, 2.45) is 0 Å². The second-order valence-corrected chi connectivity index (χ2v) is 6.93. The fraction of sp³-hybridized carbons (Fsp3) is 0.700. The molecule has 24 heavy (non-hydrogen) atoms. The second-order valence-electron chi connectivity index (χ2n) is 6.93. The number of benzene rings is 1. The SMILES string of the molecule is C1COCCN1.CCCN(C)C1(c2cccc(O)c2)CCCCC1. The van der Waals surface area contributed by atoms with Crippen LogP contribution in [-0.2, 0) is 10.3 Å². The highest BCUT2D eigenvalue weighted by Crippen LogP contribution is 2.42. The van der Waals surface area contributed by atoms with E-state index in [0.717, 1.165) is 32.8 Å². The van der Waals surface area contributed by atoms with Crippen LogP contribution in [0.2, 0.25) is 0 Å². The first-order valence-electron chi connectivity index (χ1n) is 9.48. The van der Waals surface area contributed by atoms with Gasteiger partial charge in [-0.3, -0.25) is 4.90 Å². The minimum Gasteiger partial charge on any atom is -0.508 e. The van der Waals surface area contributed by atoms with Crippen molar-refractivity contribution in [2.45, 2.75) is 51.0 Å². The van der Waals surface area contributed by atoms with E-state index in [4.69, 9.17) is 4.74 Å². The second kappa shape index (κ2) is 10.0. The first-order valence-corrected chi connectivity index (χ1v) is 9.48. The van der Waals surface area contributed by atoms with Crippen molar-refractivity contribution in [3.63, 3.8) is 0 Å². The van der Waals surface area contributed by atoms with Crippen molar-refractivity contribution in [1.29, 1.82) is 0 Å². The van der Waals surface area contributed by atoms with Crippen LogP contribution in [0.25, 0.3) is 0 Å². The maximum absolute atomic E-state index is 9.75. The summed E-state index contributed by atoms with van der Waals surface area (Å²) in [6.45, 7) is 7.19. The van der Waals surface area contributed by atoms with E-state index < -0.39 is 0 Å². The molecule has 1 saturated heterocycles. The smallest absolute Gasteiger partial charge is 0.115 e. The highest BCUT2D eigenvalue weighted by atomic mass is 16.5. The van der Waals surface area contributed by atoms with Gasteiger partial charge in [0.1, 0.15) is 5.75 Å². The number of nitrogens with one attached hydrogen (secondary N) is 1. The van der Waals surface area contributed by atoms with Crippen molar-refractivity contribution in [1.82, 2.24) is 10.2 Å². The molecule has 2 fully saturated rings. The first kappa shape index (κ1) is 19.2. The Morgan fingerprint density at radius 1 is 1.17 bits per heavy atom. The molecule has 0 aromatic heterocycles. The van der Waals surface area contributed by atoms with Crippen LogP contribution >= 0.6 is 0 Å². The van der Waals surface area contributed by atoms with Gasteiger partial charge in [0.05, 0.1) is 13.2 Å². The van der Waals surface area contributed by atoms with Crippen LogP contribution < -0.4 is 5.32 Å². The van der Waals surface area contributed by atoms with Crippen LogP contribution in [0.4, 0.5) is 0 Å². The molecule has 0 bridgehead atoms. The van der Waals surface area contributed by atoms with Crippen molar-refractivity contribution >= 4 is 0 Å². The molecule has 4 nitrogen and oxygen atoms in total. The standard InChI is InChI=1S/C16H25NO.C4H9NO/c1-3-12-17(2)16(10-5-4-6-11-16)14-8-7-9-15(18)13-14;1-3-6-4-2-5-1/h7-9,13,18H,3-6,10-12H2,1-2H3;5H,1-4H2. The van der Waals surface area contributed by atoms with E-state index in [9.17, 15) is 5.11 Å². The molecule has 1 aliphatic heterocycles. The third kappa shape index (κ3) is 5.20. The summed E-state index contributed by atoms with van der Waals surface area (Å²) in [7, 11) is 2.23. The average molecular weight is 335 g/mol. The Bertz CT molecular complexity index is 457. The van der Waals surface area contributed by atoms with Gasteiger partial charge in [0.25, 0.3) is 0 Å². The number of hydrogen-bond acceptors (Lipinski definition) is 4. The summed E-state index contributed by atoms with van der Waals surface area (Å²) in [6, 6.07) is 7.87. The van der Waals surface area contributed by atoms with Gasteiger partial charge in [-0.25, -0.2) is 0 Å². The third-order valence-electron chi connectivity index (χ3n) is 5.20. The number of aromatic hydroxyl groups is 1. The lowest BCUT2D eigenvalue weighted by molar-refractivity contribution is 0.0724.